The van der Waals surface area contributed by atoms with Gasteiger partial charge in [-0.05, 0) is 52.1 Å². The predicted molar refractivity (Wildman–Crippen MR) is 93.4 cm³/mol. The van der Waals surface area contributed by atoms with Crippen molar-refractivity contribution in [2.24, 2.45) is 11.7 Å². The van der Waals surface area contributed by atoms with Gasteiger partial charge in [-0.15, -0.1) is 0 Å². The Morgan fingerprint density at radius 1 is 1.38 bits per heavy atom. The molecule has 24 heavy (non-hydrogen) atoms. The Morgan fingerprint density at radius 3 is 2.62 bits per heavy atom. The van der Waals surface area contributed by atoms with E-state index in [4.69, 9.17) is 5.73 Å². The molecule has 1 aromatic rings. The molecular weight excluding hydrogens is 306 g/mol. The smallest absolute Gasteiger partial charge is 0.242 e. The van der Waals surface area contributed by atoms with E-state index in [1.165, 1.54) is 0 Å². The van der Waals surface area contributed by atoms with Gasteiger partial charge in [-0.25, -0.2) is 4.68 Å². The SMILES string of the molecule is CC[C@@H](C)n1nccc1NC(=O)[C@H](C)N1CCC(CC(N)=O)CC1. The van der Waals surface area contributed by atoms with Gasteiger partial charge < -0.3 is 11.1 Å². The van der Waals surface area contributed by atoms with Crippen molar-refractivity contribution in [2.45, 2.75) is 58.5 Å². The van der Waals surface area contributed by atoms with Crippen molar-refractivity contribution in [1.29, 1.82) is 0 Å². The zero-order valence-corrected chi connectivity index (χ0v) is 14.9. The van der Waals surface area contributed by atoms with Gasteiger partial charge in [0.25, 0.3) is 0 Å². The normalized spacial score (nSPS) is 19.0. The largest absolute Gasteiger partial charge is 0.370 e. The van der Waals surface area contributed by atoms with E-state index in [0.29, 0.717) is 12.3 Å². The summed E-state index contributed by atoms with van der Waals surface area (Å²) in [6.45, 7) is 7.73. The van der Waals surface area contributed by atoms with Crippen LogP contribution in [0.2, 0.25) is 0 Å². The van der Waals surface area contributed by atoms with Crippen molar-refractivity contribution in [2.75, 3.05) is 18.4 Å². The van der Waals surface area contributed by atoms with Gasteiger partial charge in [-0.1, -0.05) is 6.92 Å². The fourth-order valence-electron chi connectivity index (χ4n) is 3.16. The van der Waals surface area contributed by atoms with Gasteiger partial charge >= 0.3 is 0 Å². The van der Waals surface area contributed by atoms with Gasteiger partial charge in [0.2, 0.25) is 11.8 Å². The number of hydrogen-bond acceptors (Lipinski definition) is 4. The molecule has 0 unspecified atom stereocenters. The molecule has 0 saturated carbocycles. The van der Waals surface area contributed by atoms with Crippen LogP contribution in [0, 0.1) is 5.92 Å². The van der Waals surface area contributed by atoms with E-state index in [0.717, 1.165) is 38.2 Å². The minimum atomic E-state index is -0.238. The minimum Gasteiger partial charge on any atom is -0.370 e. The number of nitrogens with one attached hydrogen (secondary N) is 1. The summed E-state index contributed by atoms with van der Waals surface area (Å²) in [5, 5.41) is 7.29. The molecule has 1 aliphatic rings. The molecule has 2 atom stereocenters. The van der Waals surface area contributed by atoms with Crippen LogP contribution in [0.5, 0.6) is 0 Å². The molecule has 2 amide bonds. The number of anilines is 1. The Kier molecular flexibility index (Phi) is 6.36. The Bertz CT molecular complexity index is 563. The van der Waals surface area contributed by atoms with Crippen LogP contribution in [-0.2, 0) is 9.59 Å². The van der Waals surface area contributed by atoms with Crippen molar-refractivity contribution in [3.8, 4) is 0 Å². The monoisotopic (exact) mass is 335 g/mol. The van der Waals surface area contributed by atoms with E-state index in [2.05, 4.69) is 29.2 Å². The average molecular weight is 335 g/mol. The number of primary amides is 1. The second kappa shape index (κ2) is 8.28. The quantitative estimate of drug-likeness (QED) is 0.794. The standard InChI is InChI=1S/C17H29N5O2/c1-4-12(2)22-16(5-8-19-22)20-17(24)13(3)21-9-6-14(7-10-21)11-15(18)23/h5,8,12-14H,4,6-7,9-11H2,1-3H3,(H2,18,23)(H,20,24)/t12-,13+/m1/s1. The summed E-state index contributed by atoms with van der Waals surface area (Å²) < 4.78 is 1.85. The van der Waals surface area contributed by atoms with E-state index in [-0.39, 0.29) is 23.9 Å². The van der Waals surface area contributed by atoms with Crippen molar-refractivity contribution in [1.82, 2.24) is 14.7 Å². The molecule has 0 aliphatic carbocycles. The zero-order chi connectivity index (χ0) is 17.7. The number of hydrogen-bond donors (Lipinski definition) is 2. The summed E-state index contributed by atoms with van der Waals surface area (Å²) in [4.78, 5) is 25.7. The molecule has 0 aromatic carbocycles. The number of carbonyl (C=O) groups is 2. The predicted octanol–water partition coefficient (Wildman–Crippen LogP) is 1.77. The van der Waals surface area contributed by atoms with Crippen LogP contribution < -0.4 is 11.1 Å². The highest BCUT2D eigenvalue weighted by atomic mass is 16.2. The lowest BCUT2D eigenvalue weighted by molar-refractivity contribution is -0.122. The number of aromatic nitrogens is 2. The molecule has 7 nitrogen and oxygen atoms in total. The highest BCUT2D eigenvalue weighted by Crippen LogP contribution is 2.22. The van der Waals surface area contributed by atoms with Crippen LogP contribution in [0.15, 0.2) is 12.3 Å². The maximum absolute atomic E-state index is 12.6. The molecule has 0 bridgehead atoms. The van der Waals surface area contributed by atoms with E-state index in [1.807, 2.05) is 17.7 Å². The van der Waals surface area contributed by atoms with Crippen molar-refractivity contribution in [3.63, 3.8) is 0 Å². The first-order valence-corrected chi connectivity index (χ1v) is 8.79. The van der Waals surface area contributed by atoms with Crippen LogP contribution in [0.25, 0.3) is 0 Å². The minimum absolute atomic E-state index is 0.0200. The van der Waals surface area contributed by atoms with Crippen LogP contribution >= 0.6 is 0 Å². The molecule has 0 radical (unpaired) electrons. The summed E-state index contributed by atoms with van der Waals surface area (Å²) in [6, 6.07) is 1.87. The third-order valence-electron chi connectivity index (χ3n) is 5.00. The van der Waals surface area contributed by atoms with E-state index in [1.54, 1.807) is 6.20 Å². The number of rotatable bonds is 7. The van der Waals surface area contributed by atoms with Gasteiger partial charge in [0, 0.05) is 12.5 Å². The van der Waals surface area contributed by atoms with Gasteiger partial charge in [-0.2, -0.15) is 5.10 Å². The molecule has 1 saturated heterocycles. The maximum Gasteiger partial charge on any atom is 0.242 e. The number of nitrogens with zero attached hydrogens (tertiary/aromatic N) is 3. The van der Waals surface area contributed by atoms with Crippen LogP contribution in [0.4, 0.5) is 5.82 Å². The molecule has 0 spiro atoms. The summed E-state index contributed by atoms with van der Waals surface area (Å²) in [5.74, 6) is 0.830. The van der Waals surface area contributed by atoms with Crippen LogP contribution in [0.3, 0.4) is 0 Å². The molecule has 134 valence electrons. The lowest BCUT2D eigenvalue weighted by atomic mass is 9.92. The first-order valence-electron chi connectivity index (χ1n) is 8.79. The number of likely N-dealkylation sites (tertiary alicyclic amines) is 1. The number of amides is 2. The van der Waals surface area contributed by atoms with Crippen molar-refractivity contribution >= 4 is 17.6 Å². The third-order valence-corrected chi connectivity index (χ3v) is 5.00. The fourth-order valence-corrected chi connectivity index (χ4v) is 3.16. The fraction of sp³-hybridized carbons (Fsp3) is 0.706. The number of nitrogens with two attached hydrogens (primary N) is 1. The first-order chi connectivity index (χ1) is 11.4. The van der Waals surface area contributed by atoms with E-state index in [9.17, 15) is 9.59 Å². The molecule has 2 heterocycles. The molecule has 1 fully saturated rings. The molecule has 7 heteroatoms. The first kappa shape index (κ1) is 18.4. The lowest BCUT2D eigenvalue weighted by Gasteiger charge is -2.35. The summed E-state index contributed by atoms with van der Waals surface area (Å²) in [7, 11) is 0. The molecule has 1 aliphatic heterocycles. The van der Waals surface area contributed by atoms with Crippen molar-refractivity contribution in [3.05, 3.63) is 12.3 Å². The molecule has 3 N–H and O–H groups in total. The van der Waals surface area contributed by atoms with Gasteiger partial charge in [-0.3, -0.25) is 14.5 Å². The third kappa shape index (κ3) is 4.56. The number of carbonyl (C=O) groups excluding carboxylic acids is 2. The maximum atomic E-state index is 12.6. The Hall–Kier alpha value is -1.89. The second-order valence-corrected chi connectivity index (χ2v) is 6.73. The van der Waals surface area contributed by atoms with Gasteiger partial charge in [0.05, 0.1) is 18.3 Å². The molecular formula is C17H29N5O2. The second-order valence-electron chi connectivity index (χ2n) is 6.73. The molecule has 2 rings (SSSR count). The van der Waals surface area contributed by atoms with Crippen molar-refractivity contribution < 1.29 is 9.59 Å². The number of piperidine rings is 1. The van der Waals surface area contributed by atoms with E-state index < -0.39 is 0 Å². The lowest BCUT2D eigenvalue weighted by Crippen LogP contribution is -2.46. The average Bonchev–Trinajstić information content (AvgIpc) is 3.01. The Morgan fingerprint density at radius 2 is 2.04 bits per heavy atom. The van der Waals surface area contributed by atoms with Crippen LogP contribution in [-0.4, -0.2) is 45.6 Å². The molecule has 1 aromatic heterocycles. The van der Waals surface area contributed by atoms with Crippen LogP contribution in [0.1, 0.15) is 52.5 Å². The summed E-state index contributed by atoms with van der Waals surface area (Å²) in [5.41, 5.74) is 5.27. The van der Waals surface area contributed by atoms with Gasteiger partial charge in [0.1, 0.15) is 5.82 Å². The van der Waals surface area contributed by atoms with E-state index >= 15 is 0 Å². The van der Waals surface area contributed by atoms with Gasteiger partial charge in [0.15, 0.2) is 0 Å². The Balaban J connectivity index is 1.89. The zero-order valence-electron chi connectivity index (χ0n) is 14.9. The highest BCUT2D eigenvalue weighted by molar-refractivity contribution is 5.93. The summed E-state index contributed by atoms with van der Waals surface area (Å²) >= 11 is 0. The highest BCUT2D eigenvalue weighted by Gasteiger charge is 2.27. The summed E-state index contributed by atoms with van der Waals surface area (Å²) in [6.07, 6.45) is 4.93. The topological polar surface area (TPSA) is 93.2 Å². The Labute approximate surface area is 143 Å².